The largest absolute Gasteiger partial charge is 0.495 e. The zero-order valence-electron chi connectivity index (χ0n) is 26.8. The lowest BCUT2D eigenvalue weighted by Crippen LogP contribution is -2.53. The number of nitrogens with one attached hydrogen (secondary N) is 1. The van der Waals surface area contributed by atoms with Crippen molar-refractivity contribution < 1.29 is 22.7 Å². The normalized spacial score (nSPS) is 12.0. The van der Waals surface area contributed by atoms with E-state index in [1.54, 1.807) is 24.3 Å². The number of halogens is 2. The van der Waals surface area contributed by atoms with E-state index in [0.717, 1.165) is 25.5 Å². The summed E-state index contributed by atoms with van der Waals surface area (Å²) in [5.74, 6) is -0.523. The van der Waals surface area contributed by atoms with Crippen molar-refractivity contribution in [1.29, 1.82) is 0 Å². The van der Waals surface area contributed by atoms with Gasteiger partial charge in [0.15, 0.2) is 0 Å². The average Bonchev–Trinajstić information content (AvgIpc) is 3.04. The third kappa shape index (κ3) is 9.59. The number of anilines is 1. The van der Waals surface area contributed by atoms with Gasteiger partial charge in [-0.05, 0) is 66.4 Å². The van der Waals surface area contributed by atoms with Crippen LogP contribution in [-0.2, 0) is 32.6 Å². The first-order valence-corrected chi connectivity index (χ1v) is 17.8. The number of sulfonamides is 1. The molecule has 0 aliphatic heterocycles. The predicted molar refractivity (Wildman–Crippen MR) is 190 cm³/mol. The molecule has 4 aromatic rings. The summed E-state index contributed by atoms with van der Waals surface area (Å²) in [5, 5.41) is 3.26. The number of methoxy groups -OCH3 is 1. The highest BCUT2D eigenvalue weighted by atomic mass is 79.9. The fourth-order valence-electron chi connectivity index (χ4n) is 5.02. The summed E-state index contributed by atoms with van der Waals surface area (Å²) in [6.07, 6.45) is 0.218. The SMILES string of the molecule is COc1ccc(Cl)cc1N(CC(=O)N(Cc1cccc(Br)c1)[C@H](Cc1ccccc1)C(=O)NCC(C)C)S(=O)(=O)c1ccc(C)cc1. The van der Waals surface area contributed by atoms with Crippen LogP contribution in [0.25, 0.3) is 0 Å². The third-order valence-electron chi connectivity index (χ3n) is 7.50. The first kappa shape index (κ1) is 36.0. The molecule has 4 aromatic carbocycles. The molecule has 1 atom stereocenters. The van der Waals surface area contributed by atoms with Crippen LogP contribution in [0.5, 0.6) is 5.75 Å². The van der Waals surface area contributed by atoms with Gasteiger partial charge in [0, 0.05) is 29.0 Å². The Bertz CT molecular complexity index is 1790. The Labute approximate surface area is 290 Å². The Balaban J connectivity index is 1.85. The summed E-state index contributed by atoms with van der Waals surface area (Å²) in [4.78, 5) is 30.0. The van der Waals surface area contributed by atoms with Crippen LogP contribution in [0.4, 0.5) is 5.69 Å². The Morgan fingerprint density at radius 1 is 0.915 bits per heavy atom. The van der Waals surface area contributed by atoms with Gasteiger partial charge in [-0.2, -0.15) is 0 Å². The summed E-state index contributed by atoms with van der Waals surface area (Å²) < 4.78 is 36.0. The zero-order valence-corrected chi connectivity index (χ0v) is 30.0. The molecule has 0 aliphatic rings. The fraction of sp³-hybridized carbons (Fsp3) is 0.278. The molecule has 11 heteroatoms. The molecule has 0 saturated heterocycles. The van der Waals surface area contributed by atoms with Crippen LogP contribution in [0.1, 0.15) is 30.5 Å². The van der Waals surface area contributed by atoms with Crippen molar-refractivity contribution in [1.82, 2.24) is 10.2 Å². The Hall–Kier alpha value is -3.86. The highest BCUT2D eigenvalue weighted by Crippen LogP contribution is 2.35. The Morgan fingerprint density at radius 2 is 1.60 bits per heavy atom. The van der Waals surface area contributed by atoms with Crippen LogP contribution in [0.15, 0.2) is 106 Å². The summed E-state index contributed by atoms with van der Waals surface area (Å²) in [6.45, 7) is 5.68. The average molecular weight is 741 g/mol. The van der Waals surface area contributed by atoms with Crippen LogP contribution >= 0.6 is 27.5 Å². The monoisotopic (exact) mass is 739 g/mol. The van der Waals surface area contributed by atoms with E-state index in [1.165, 1.54) is 30.2 Å². The molecule has 248 valence electrons. The second-order valence-electron chi connectivity index (χ2n) is 11.6. The van der Waals surface area contributed by atoms with Crippen molar-refractivity contribution in [2.24, 2.45) is 5.92 Å². The first-order chi connectivity index (χ1) is 22.4. The minimum Gasteiger partial charge on any atom is -0.495 e. The number of carbonyl (C=O) groups excluding carboxylic acids is 2. The van der Waals surface area contributed by atoms with Crippen LogP contribution < -0.4 is 14.4 Å². The smallest absolute Gasteiger partial charge is 0.264 e. The summed E-state index contributed by atoms with van der Waals surface area (Å²) in [7, 11) is -2.90. The number of benzene rings is 4. The van der Waals surface area contributed by atoms with Gasteiger partial charge >= 0.3 is 0 Å². The van der Waals surface area contributed by atoms with Gasteiger partial charge < -0.3 is 15.0 Å². The minimum absolute atomic E-state index is 0.00743. The van der Waals surface area contributed by atoms with E-state index in [-0.39, 0.29) is 46.1 Å². The lowest BCUT2D eigenvalue weighted by molar-refractivity contribution is -0.140. The molecule has 47 heavy (non-hydrogen) atoms. The zero-order chi connectivity index (χ0) is 34.1. The fourth-order valence-corrected chi connectivity index (χ4v) is 7.05. The molecule has 0 saturated carbocycles. The molecule has 0 heterocycles. The highest BCUT2D eigenvalue weighted by molar-refractivity contribution is 9.10. The second-order valence-corrected chi connectivity index (χ2v) is 14.9. The molecule has 0 aliphatic carbocycles. The van der Waals surface area contributed by atoms with E-state index in [4.69, 9.17) is 16.3 Å². The van der Waals surface area contributed by atoms with Gasteiger partial charge in [0.25, 0.3) is 10.0 Å². The van der Waals surface area contributed by atoms with E-state index in [1.807, 2.05) is 75.4 Å². The van der Waals surface area contributed by atoms with Crippen molar-refractivity contribution in [3.05, 3.63) is 123 Å². The number of amides is 2. The van der Waals surface area contributed by atoms with Crippen molar-refractivity contribution in [2.75, 3.05) is 24.5 Å². The second kappa shape index (κ2) is 16.3. The van der Waals surface area contributed by atoms with Crippen LogP contribution in [-0.4, -0.2) is 51.4 Å². The molecular weight excluding hydrogens is 702 g/mol. The maximum absolute atomic E-state index is 14.7. The minimum atomic E-state index is -4.32. The van der Waals surface area contributed by atoms with Gasteiger partial charge in [0.1, 0.15) is 18.3 Å². The molecule has 0 aromatic heterocycles. The van der Waals surface area contributed by atoms with Crippen molar-refractivity contribution >= 4 is 55.1 Å². The molecule has 0 radical (unpaired) electrons. The number of nitrogens with zero attached hydrogens (tertiary/aromatic N) is 2. The van der Waals surface area contributed by atoms with Crippen LogP contribution in [0.3, 0.4) is 0 Å². The van der Waals surface area contributed by atoms with Gasteiger partial charge in [-0.25, -0.2) is 8.42 Å². The molecule has 2 amide bonds. The van der Waals surface area contributed by atoms with Gasteiger partial charge in [-0.1, -0.05) is 102 Å². The van der Waals surface area contributed by atoms with E-state index in [9.17, 15) is 18.0 Å². The lowest BCUT2D eigenvalue weighted by atomic mass is 10.0. The van der Waals surface area contributed by atoms with Crippen LogP contribution in [0, 0.1) is 12.8 Å². The standard InChI is InChI=1S/C36H39BrClN3O5S/c1-25(2)22-39-36(43)33(20-27-9-6-5-7-10-27)40(23-28-11-8-12-29(37)19-28)35(42)24-41(32-21-30(38)15-18-34(32)46-4)47(44,45)31-16-13-26(3)14-17-31/h5-19,21,25,33H,20,22-24H2,1-4H3,(H,39,43)/t33-/m1/s1. The topological polar surface area (TPSA) is 96.0 Å². The number of hydrogen-bond donors (Lipinski definition) is 1. The van der Waals surface area contributed by atoms with E-state index >= 15 is 0 Å². The molecular formula is C36H39BrClN3O5S. The summed E-state index contributed by atoms with van der Waals surface area (Å²) >= 11 is 9.87. The van der Waals surface area contributed by atoms with Gasteiger partial charge in [-0.3, -0.25) is 13.9 Å². The van der Waals surface area contributed by atoms with E-state index in [0.29, 0.717) is 6.54 Å². The number of rotatable bonds is 14. The molecule has 0 fully saturated rings. The van der Waals surface area contributed by atoms with Gasteiger partial charge in [0.2, 0.25) is 11.8 Å². The van der Waals surface area contributed by atoms with Crippen molar-refractivity contribution in [2.45, 2.75) is 44.7 Å². The third-order valence-corrected chi connectivity index (χ3v) is 10.00. The van der Waals surface area contributed by atoms with E-state index in [2.05, 4.69) is 21.2 Å². The maximum atomic E-state index is 14.7. The molecule has 8 nitrogen and oxygen atoms in total. The molecule has 0 bridgehead atoms. The number of ether oxygens (including phenoxy) is 1. The molecule has 1 N–H and O–H groups in total. The molecule has 0 spiro atoms. The molecule has 0 unspecified atom stereocenters. The quantitative estimate of drug-likeness (QED) is 0.150. The highest BCUT2D eigenvalue weighted by Gasteiger charge is 2.35. The van der Waals surface area contributed by atoms with E-state index < -0.39 is 28.5 Å². The maximum Gasteiger partial charge on any atom is 0.264 e. The molecule has 4 rings (SSSR count). The van der Waals surface area contributed by atoms with Crippen molar-refractivity contribution in [3.63, 3.8) is 0 Å². The van der Waals surface area contributed by atoms with Crippen LogP contribution in [0.2, 0.25) is 5.02 Å². The Kier molecular flexibility index (Phi) is 12.5. The lowest BCUT2D eigenvalue weighted by Gasteiger charge is -2.34. The van der Waals surface area contributed by atoms with Gasteiger partial charge in [-0.15, -0.1) is 0 Å². The van der Waals surface area contributed by atoms with Gasteiger partial charge in [0.05, 0.1) is 17.7 Å². The Morgan fingerprint density at radius 3 is 2.23 bits per heavy atom. The number of aryl methyl sites for hydroxylation is 1. The first-order valence-electron chi connectivity index (χ1n) is 15.2. The number of hydrogen-bond acceptors (Lipinski definition) is 5. The summed E-state index contributed by atoms with van der Waals surface area (Å²) in [5.41, 5.74) is 2.59. The number of carbonyl (C=O) groups is 2. The predicted octanol–water partition coefficient (Wildman–Crippen LogP) is 7.03. The van der Waals surface area contributed by atoms with Crippen molar-refractivity contribution in [3.8, 4) is 5.75 Å². The summed E-state index contributed by atoms with van der Waals surface area (Å²) in [6, 6.07) is 26.9.